The maximum Gasteiger partial charge on any atom is 0.00644 e. The van der Waals surface area contributed by atoms with Gasteiger partial charge in [-0.3, -0.25) is 0 Å². The van der Waals surface area contributed by atoms with Crippen molar-refractivity contribution in [3.8, 4) is 0 Å². The summed E-state index contributed by atoms with van der Waals surface area (Å²) in [4.78, 5) is 2.56. The van der Waals surface area contributed by atoms with Crippen LogP contribution >= 0.6 is 0 Å². The lowest BCUT2D eigenvalue weighted by Crippen LogP contribution is -2.33. The Labute approximate surface area is 76.1 Å². The van der Waals surface area contributed by atoms with Gasteiger partial charge in [0.25, 0.3) is 0 Å². The third-order valence-electron chi connectivity index (χ3n) is 3.21. The maximum atomic E-state index is 5.87. The second-order valence-corrected chi connectivity index (χ2v) is 4.16. The number of hydrogen-bond acceptors (Lipinski definition) is 2. The predicted molar refractivity (Wildman–Crippen MR) is 53.1 cm³/mol. The molecular weight excluding hydrogens is 148 g/mol. The van der Waals surface area contributed by atoms with Gasteiger partial charge in [-0.15, -0.1) is 0 Å². The highest BCUT2D eigenvalue weighted by molar-refractivity contribution is 4.83. The first kappa shape index (κ1) is 10.0. The molecule has 0 aromatic carbocycles. The molecule has 0 saturated carbocycles. The van der Waals surface area contributed by atoms with Crippen LogP contribution in [0, 0.1) is 5.92 Å². The molecule has 0 spiro atoms. The zero-order valence-corrected chi connectivity index (χ0v) is 8.59. The zero-order valence-electron chi connectivity index (χ0n) is 8.59. The van der Waals surface area contributed by atoms with Gasteiger partial charge < -0.3 is 10.6 Å². The van der Waals surface area contributed by atoms with Crippen molar-refractivity contribution in [1.29, 1.82) is 0 Å². The molecule has 2 N–H and O–H groups in total. The quantitative estimate of drug-likeness (QED) is 0.694. The Morgan fingerprint density at radius 1 is 1.50 bits per heavy atom. The lowest BCUT2D eigenvalue weighted by Gasteiger charge is -2.23. The van der Waals surface area contributed by atoms with E-state index in [1.165, 1.54) is 25.9 Å². The van der Waals surface area contributed by atoms with Gasteiger partial charge in [-0.1, -0.05) is 6.92 Å². The third-order valence-corrected chi connectivity index (χ3v) is 3.21. The van der Waals surface area contributed by atoms with Crippen molar-refractivity contribution in [2.45, 2.75) is 45.7 Å². The molecule has 1 aliphatic heterocycles. The Balaban J connectivity index is 2.35. The van der Waals surface area contributed by atoms with E-state index < -0.39 is 0 Å². The molecule has 0 bridgehead atoms. The fraction of sp³-hybridized carbons (Fsp3) is 1.00. The topological polar surface area (TPSA) is 29.3 Å². The molecule has 0 amide bonds. The van der Waals surface area contributed by atoms with E-state index in [9.17, 15) is 0 Å². The minimum atomic E-state index is 0.374. The van der Waals surface area contributed by atoms with Gasteiger partial charge in [0.15, 0.2) is 0 Å². The lowest BCUT2D eigenvalue weighted by atomic mass is 10.0. The van der Waals surface area contributed by atoms with E-state index in [2.05, 4.69) is 25.7 Å². The van der Waals surface area contributed by atoms with Gasteiger partial charge in [0, 0.05) is 18.6 Å². The summed E-state index contributed by atoms with van der Waals surface area (Å²) < 4.78 is 0. The summed E-state index contributed by atoms with van der Waals surface area (Å²) in [6.45, 7) is 9.16. The van der Waals surface area contributed by atoms with Crippen molar-refractivity contribution in [1.82, 2.24) is 4.90 Å². The highest BCUT2D eigenvalue weighted by atomic mass is 15.2. The van der Waals surface area contributed by atoms with E-state index in [1.807, 2.05) is 0 Å². The Bertz CT molecular complexity index is 134. The van der Waals surface area contributed by atoms with Gasteiger partial charge in [0.2, 0.25) is 0 Å². The summed E-state index contributed by atoms with van der Waals surface area (Å²) in [6.07, 6.45) is 2.55. The Kier molecular flexibility index (Phi) is 3.53. The van der Waals surface area contributed by atoms with Crippen molar-refractivity contribution in [3.05, 3.63) is 0 Å². The van der Waals surface area contributed by atoms with Gasteiger partial charge in [0.05, 0.1) is 0 Å². The van der Waals surface area contributed by atoms with Gasteiger partial charge in [-0.2, -0.15) is 0 Å². The number of likely N-dealkylation sites (tertiary alicyclic amines) is 1. The second kappa shape index (κ2) is 4.24. The highest BCUT2D eigenvalue weighted by Gasteiger charge is 2.27. The number of nitrogens with two attached hydrogens (primary N) is 1. The molecule has 1 heterocycles. The van der Waals surface area contributed by atoms with Gasteiger partial charge in [0.1, 0.15) is 0 Å². The average Bonchev–Trinajstić information content (AvgIpc) is 2.51. The smallest absolute Gasteiger partial charge is 0.00644 e. The lowest BCUT2D eigenvalue weighted by molar-refractivity contribution is 0.239. The molecule has 12 heavy (non-hydrogen) atoms. The Morgan fingerprint density at radius 3 is 2.58 bits per heavy atom. The van der Waals surface area contributed by atoms with Crippen LogP contribution in [0.2, 0.25) is 0 Å². The fourth-order valence-corrected chi connectivity index (χ4v) is 1.90. The first-order valence-corrected chi connectivity index (χ1v) is 5.14. The van der Waals surface area contributed by atoms with E-state index in [4.69, 9.17) is 5.73 Å². The highest BCUT2D eigenvalue weighted by Crippen LogP contribution is 2.21. The Morgan fingerprint density at radius 2 is 2.17 bits per heavy atom. The van der Waals surface area contributed by atoms with Crippen LogP contribution in [0.25, 0.3) is 0 Å². The molecule has 1 aliphatic rings. The largest absolute Gasteiger partial charge is 0.328 e. The summed E-state index contributed by atoms with van der Waals surface area (Å²) in [7, 11) is 0. The molecule has 2 heteroatoms. The molecule has 0 aromatic rings. The summed E-state index contributed by atoms with van der Waals surface area (Å²) in [5, 5.41) is 0. The first-order chi connectivity index (χ1) is 5.65. The van der Waals surface area contributed by atoms with Crippen LogP contribution in [-0.2, 0) is 0 Å². The van der Waals surface area contributed by atoms with Crippen molar-refractivity contribution < 1.29 is 0 Å². The normalized spacial score (nSPS) is 30.5. The monoisotopic (exact) mass is 170 g/mol. The van der Waals surface area contributed by atoms with Crippen LogP contribution in [0.3, 0.4) is 0 Å². The molecule has 1 fully saturated rings. The maximum absolute atomic E-state index is 5.87. The molecule has 1 rings (SSSR count). The second-order valence-electron chi connectivity index (χ2n) is 4.16. The number of hydrogen-bond donors (Lipinski definition) is 1. The summed E-state index contributed by atoms with van der Waals surface area (Å²) in [5.41, 5.74) is 5.87. The molecule has 2 nitrogen and oxygen atoms in total. The summed E-state index contributed by atoms with van der Waals surface area (Å²) in [6, 6.07) is 1.12. The molecule has 1 saturated heterocycles. The molecule has 3 unspecified atom stereocenters. The van der Waals surface area contributed by atoms with Crippen LogP contribution in [0.5, 0.6) is 0 Å². The van der Waals surface area contributed by atoms with E-state index >= 15 is 0 Å². The Hall–Kier alpha value is -0.0800. The van der Waals surface area contributed by atoms with Gasteiger partial charge in [-0.05, 0) is 39.2 Å². The molecule has 3 atom stereocenters. The standard InChI is InChI=1S/C10H22N2/c1-4-8(2)12-6-5-10(7-12)9(3)11/h8-10H,4-7,11H2,1-3H3. The van der Waals surface area contributed by atoms with Crippen LogP contribution in [0.4, 0.5) is 0 Å². The van der Waals surface area contributed by atoms with Crippen molar-refractivity contribution in [3.63, 3.8) is 0 Å². The van der Waals surface area contributed by atoms with Crippen molar-refractivity contribution in [2.75, 3.05) is 13.1 Å². The fourth-order valence-electron chi connectivity index (χ4n) is 1.90. The number of nitrogens with zero attached hydrogens (tertiary/aromatic N) is 1. The molecular formula is C10H22N2. The molecule has 0 aliphatic carbocycles. The first-order valence-electron chi connectivity index (χ1n) is 5.14. The predicted octanol–water partition coefficient (Wildman–Crippen LogP) is 1.45. The number of rotatable bonds is 3. The molecule has 72 valence electrons. The van der Waals surface area contributed by atoms with E-state index in [0.29, 0.717) is 6.04 Å². The summed E-state index contributed by atoms with van der Waals surface area (Å²) >= 11 is 0. The molecule has 0 aromatic heterocycles. The van der Waals surface area contributed by atoms with Gasteiger partial charge in [-0.25, -0.2) is 0 Å². The summed E-state index contributed by atoms with van der Waals surface area (Å²) in [5.74, 6) is 0.735. The SMILES string of the molecule is CCC(C)N1CCC(C(C)N)C1. The van der Waals surface area contributed by atoms with Crippen LogP contribution in [0.1, 0.15) is 33.6 Å². The van der Waals surface area contributed by atoms with Crippen molar-refractivity contribution >= 4 is 0 Å². The minimum absolute atomic E-state index is 0.374. The van der Waals surface area contributed by atoms with E-state index in [-0.39, 0.29) is 0 Å². The van der Waals surface area contributed by atoms with Crippen LogP contribution in [-0.4, -0.2) is 30.1 Å². The third kappa shape index (κ3) is 2.20. The van der Waals surface area contributed by atoms with E-state index in [0.717, 1.165) is 12.0 Å². The minimum Gasteiger partial charge on any atom is -0.328 e. The van der Waals surface area contributed by atoms with Crippen LogP contribution < -0.4 is 5.73 Å². The van der Waals surface area contributed by atoms with E-state index in [1.54, 1.807) is 0 Å². The molecule has 0 radical (unpaired) electrons. The van der Waals surface area contributed by atoms with Crippen LogP contribution in [0.15, 0.2) is 0 Å². The van der Waals surface area contributed by atoms with Crippen molar-refractivity contribution in [2.24, 2.45) is 11.7 Å². The zero-order chi connectivity index (χ0) is 9.14. The average molecular weight is 170 g/mol. The van der Waals surface area contributed by atoms with Gasteiger partial charge >= 0.3 is 0 Å².